The molecule has 20 heavy (non-hydrogen) atoms. The van der Waals surface area contributed by atoms with E-state index in [0.717, 1.165) is 17.8 Å². The summed E-state index contributed by atoms with van der Waals surface area (Å²) in [5.41, 5.74) is 5.15. The third-order valence-electron chi connectivity index (χ3n) is 3.19. The number of hydrogen-bond donors (Lipinski definition) is 2. The topological polar surface area (TPSA) is 41.1 Å². The molecule has 3 nitrogen and oxygen atoms in total. The van der Waals surface area contributed by atoms with E-state index in [1.807, 2.05) is 32.0 Å². The van der Waals surface area contributed by atoms with Crippen LogP contribution in [0.15, 0.2) is 29.0 Å². The lowest BCUT2D eigenvalue weighted by Crippen LogP contribution is -2.24. The average molecular weight is 288 g/mol. The fourth-order valence-electron chi connectivity index (χ4n) is 2.03. The number of thiophene rings is 1. The van der Waals surface area contributed by atoms with Crippen LogP contribution in [0, 0.1) is 13.8 Å². The Morgan fingerprint density at radius 2 is 2.05 bits per heavy atom. The van der Waals surface area contributed by atoms with Crippen LogP contribution in [0.2, 0.25) is 0 Å². The first-order valence-corrected chi connectivity index (χ1v) is 7.70. The summed E-state index contributed by atoms with van der Waals surface area (Å²) >= 11 is 1.66. The van der Waals surface area contributed by atoms with E-state index in [1.54, 1.807) is 11.3 Å². The first-order chi connectivity index (χ1) is 9.61. The Bertz CT molecular complexity index is 604. The zero-order chi connectivity index (χ0) is 14.5. The summed E-state index contributed by atoms with van der Waals surface area (Å²) in [5, 5.41) is 10.4. The molecule has 0 bridgehead atoms. The Labute approximate surface area is 124 Å². The van der Waals surface area contributed by atoms with Crippen molar-refractivity contribution < 1.29 is 4.79 Å². The van der Waals surface area contributed by atoms with Gasteiger partial charge < -0.3 is 10.6 Å². The summed E-state index contributed by atoms with van der Waals surface area (Å²) in [7, 11) is 0. The van der Waals surface area contributed by atoms with Crippen molar-refractivity contribution in [3.05, 3.63) is 51.2 Å². The molecular weight excluding hydrogens is 268 g/mol. The smallest absolute Gasteiger partial charge is 0.253 e. The van der Waals surface area contributed by atoms with Gasteiger partial charge in [-0.25, -0.2) is 0 Å². The second-order valence-corrected chi connectivity index (χ2v) is 5.59. The van der Waals surface area contributed by atoms with Crippen LogP contribution in [0.1, 0.15) is 34.0 Å². The molecule has 2 N–H and O–H groups in total. The Morgan fingerprint density at radius 3 is 2.70 bits per heavy atom. The monoisotopic (exact) mass is 288 g/mol. The third-order valence-corrected chi connectivity index (χ3v) is 4.10. The number of nitrogens with one attached hydrogen (secondary N) is 2. The molecule has 1 aromatic heterocycles. The Balaban J connectivity index is 2.11. The maximum Gasteiger partial charge on any atom is 0.253 e. The molecule has 0 unspecified atom stereocenters. The van der Waals surface area contributed by atoms with Crippen molar-refractivity contribution in [2.24, 2.45) is 0 Å². The first kappa shape index (κ1) is 14.6. The molecule has 4 heteroatoms. The predicted octanol–water partition coefficient (Wildman–Crippen LogP) is 3.73. The summed E-state index contributed by atoms with van der Waals surface area (Å²) in [6, 6.07) is 5.85. The van der Waals surface area contributed by atoms with Crippen molar-refractivity contribution in [1.29, 1.82) is 0 Å². The van der Waals surface area contributed by atoms with Crippen LogP contribution in [0.25, 0.3) is 0 Å². The lowest BCUT2D eigenvalue weighted by atomic mass is 10.1. The van der Waals surface area contributed by atoms with Crippen molar-refractivity contribution >= 4 is 22.9 Å². The number of carbonyl (C=O) groups is 1. The average Bonchev–Trinajstić information content (AvgIpc) is 2.82. The van der Waals surface area contributed by atoms with E-state index >= 15 is 0 Å². The first-order valence-electron chi connectivity index (χ1n) is 6.76. The maximum atomic E-state index is 12.3. The molecule has 0 spiro atoms. The normalized spacial score (nSPS) is 10.3. The van der Waals surface area contributed by atoms with Crippen LogP contribution in [0.5, 0.6) is 0 Å². The Morgan fingerprint density at radius 1 is 1.25 bits per heavy atom. The molecule has 0 fully saturated rings. The molecule has 1 heterocycles. The number of rotatable bonds is 5. The lowest BCUT2D eigenvalue weighted by molar-refractivity contribution is 0.0951. The van der Waals surface area contributed by atoms with Crippen LogP contribution >= 0.6 is 11.3 Å². The summed E-state index contributed by atoms with van der Waals surface area (Å²) < 4.78 is 0. The molecule has 0 radical (unpaired) electrons. The molecule has 0 aliphatic rings. The fourth-order valence-corrected chi connectivity index (χ4v) is 2.89. The van der Waals surface area contributed by atoms with Gasteiger partial charge in [0.1, 0.15) is 0 Å². The van der Waals surface area contributed by atoms with Crippen LogP contribution in [0.4, 0.5) is 5.69 Å². The number of hydrogen-bond acceptors (Lipinski definition) is 3. The van der Waals surface area contributed by atoms with E-state index in [0.29, 0.717) is 12.1 Å². The van der Waals surface area contributed by atoms with Crippen LogP contribution in [0.3, 0.4) is 0 Å². The van der Waals surface area contributed by atoms with Crippen molar-refractivity contribution in [1.82, 2.24) is 5.32 Å². The summed E-state index contributed by atoms with van der Waals surface area (Å²) in [4.78, 5) is 12.3. The Kier molecular flexibility index (Phi) is 4.79. The van der Waals surface area contributed by atoms with Gasteiger partial charge in [-0.05, 0) is 60.4 Å². The van der Waals surface area contributed by atoms with E-state index < -0.39 is 0 Å². The van der Waals surface area contributed by atoms with Crippen molar-refractivity contribution in [3.8, 4) is 0 Å². The Hall–Kier alpha value is -1.81. The summed E-state index contributed by atoms with van der Waals surface area (Å²) in [6.45, 7) is 7.49. The predicted molar refractivity (Wildman–Crippen MR) is 85.6 cm³/mol. The number of benzene rings is 1. The van der Waals surface area contributed by atoms with Gasteiger partial charge in [-0.1, -0.05) is 6.07 Å². The molecule has 1 aromatic carbocycles. The molecule has 2 aromatic rings. The van der Waals surface area contributed by atoms with Gasteiger partial charge in [0.15, 0.2) is 0 Å². The van der Waals surface area contributed by atoms with Gasteiger partial charge in [0.05, 0.1) is 5.56 Å². The van der Waals surface area contributed by atoms with Gasteiger partial charge in [-0.2, -0.15) is 11.3 Å². The van der Waals surface area contributed by atoms with E-state index in [-0.39, 0.29) is 5.91 Å². The molecular formula is C16H20N2OS. The molecule has 0 aliphatic carbocycles. The van der Waals surface area contributed by atoms with Crippen LogP contribution in [-0.2, 0) is 6.54 Å². The van der Waals surface area contributed by atoms with Gasteiger partial charge in [0, 0.05) is 18.8 Å². The highest BCUT2D eigenvalue weighted by atomic mass is 32.1. The molecule has 0 saturated carbocycles. The van der Waals surface area contributed by atoms with Gasteiger partial charge in [0.2, 0.25) is 0 Å². The van der Waals surface area contributed by atoms with Gasteiger partial charge in [-0.15, -0.1) is 0 Å². The quantitative estimate of drug-likeness (QED) is 0.880. The third kappa shape index (κ3) is 3.39. The summed E-state index contributed by atoms with van der Waals surface area (Å²) in [5.74, 6) is -0.0356. The number of carbonyl (C=O) groups excluding carboxylic acids is 1. The zero-order valence-electron chi connectivity index (χ0n) is 12.1. The van der Waals surface area contributed by atoms with Crippen molar-refractivity contribution in [3.63, 3.8) is 0 Å². The second-order valence-electron chi connectivity index (χ2n) is 4.84. The molecule has 0 atom stereocenters. The SMILES string of the molecule is CCNc1cc(C)ccc1C(=O)NCc1cscc1C. The molecule has 106 valence electrons. The summed E-state index contributed by atoms with van der Waals surface area (Å²) in [6.07, 6.45) is 0. The lowest BCUT2D eigenvalue weighted by Gasteiger charge is -2.12. The minimum atomic E-state index is -0.0356. The molecule has 2 rings (SSSR count). The fraction of sp³-hybridized carbons (Fsp3) is 0.312. The maximum absolute atomic E-state index is 12.3. The van der Waals surface area contributed by atoms with E-state index in [2.05, 4.69) is 28.3 Å². The zero-order valence-corrected chi connectivity index (χ0v) is 12.9. The highest BCUT2D eigenvalue weighted by Gasteiger charge is 2.11. The highest BCUT2D eigenvalue weighted by Crippen LogP contribution is 2.18. The molecule has 0 aliphatic heterocycles. The molecule has 0 saturated heterocycles. The van der Waals surface area contributed by atoms with E-state index in [4.69, 9.17) is 0 Å². The minimum Gasteiger partial charge on any atom is -0.385 e. The van der Waals surface area contributed by atoms with Crippen LogP contribution in [-0.4, -0.2) is 12.5 Å². The number of anilines is 1. The largest absolute Gasteiger partial charge is 0.385 e. The number of amides is 1. The van der Waals surface area contributed by atoms with Gasteiger partial charge >= 0.3 is 0 Å². The van der Waals surface area contributed by atoms with Crippen molar-refractivity contribution in [2.45, 2.75) is 27.3 Å². The van der Waals surface area contributed by atoms with E-state index in [1.165, 1.54) is 11.1 Å². The van der Waals surface area contributed by atoms with Gasteiger partial charge in [0.25, 0.3) is 5.91 Å². The van der Waals surface area contributed by atoms with Gasteiger partial charge in [-0.3, -0.25) is 4.79 Å². The van der Waals surface area contributed by atoms with E-state index in [9.17, 15) is 4.79 Å². The second kappa shape index (κ2) is 6.57. The molecule has 1 amide bonds. The number of aryl methyl sites for hydroxylation is 2. The van der Waals surface area contributed by atoms with Crippen LogP contribution < -0.4 is 10.6 Å². The van der Waals surface area contributed by atoms with Crippen molar-refractivity contribution in [2.75, 3.05) is 11.9 Å². The highest BCUT2D eigenvalue weighted by molar-refractivity contribution is 7.08. The minimum absolute atomic E-state index is 0.0356. The standard InChI is InChI=1S/C16H20N2OS/c1-4-17-15-7-11(2)5-6-14(15)16(19)18-8-13-10-20-9-12(13)3/h5-7,9-10,17H,4,8H2,1-3H3,(H,18,19).